The Bertz CT molecular complexity index is 918. The highest BCUT2D eigenvalue weighted by atomic mass is 16.5. The van der Waals surface area contributed by atoms with E-state index in [1.807, 2.05) is 36.1 Å². The van der Waals surface area contributed by atoms with Crippen molar-refractivity contribution in [2.45, 2.75) is 32.6 Å². The molecule has 0 aliphatic carbocycles. The zero-order valence-electron chi connectivity index (χ0n) is 18.2. The van der Waals surface area contributed by atoms with E-state index in [4.69, 9.17) is 4.74 Å². The Morgan fingerprint density at radius 2 is 1.77 bits per heavy atom. The normalized spacial score (nSPS) is 13.8. The first-order valence-corrected chi connectivity index (χ1v) is 10.8. The van der Waals surface area contributed by atoms with Gasteiger partial charge in [-0.2, -0.15) is 0 Å². The highest BCUT2D eigenvalue weighted by Gasteiger charge is 2.17. The summed E-state index contributed by atoms with van der Waals surface area (Å²) in [6.07, 6.45) is 4.44. The highest BCUT2D eigenvalue weighted by molar-refractivity contribution is 5.98. The number of hydrogen-bond donors (Lipinski definition) is 2. The predicted octanol–water partition coefficient (Wildman–Crippen LogP) is 4.71. The molecule has 0 radical (unpaired) electrons. The highest BCUT2D eigenvalue weighted by Crippen LogP contribution is 2.24. The summed E-state index contributed by atoms with van der Waals surface area (Å²) in [4.78, 5) is 27.2. The number of ether oxygens (including phenoxy) is 1. The summed E-state index contributed by atoms with van der Waals surface area (Å²) < 4.78 is 5.72. The SMILES string of the molecule is C=C(C)COc1ccccc1NCC(=O)Nc1cccc(C(=O)N2CCCCCC2)c1. The maximum atomic E-state index is 12.8. The van der Waals surface area contributed by atoms with Gasteiger partial charge in [-0.3, -0.25) is 9.59 Å². The fourth-order valence-electron chi connectivity index (χ4n) is 3.51. The lowest BCUT2D eigenvalue weighted by atomic mass is 10.1. The fourth-order valence-corrected chi connectivity index (χ4v) is 3.51. The van der Waals surface area contributed by atoms with Crippen molar-refractivity contribution in [1.29, 1.82) is 0 Å². The molecule has 0 bridgehead atoms. The van der Waals surface area contributed by atoms with Gasteiger partial charge in [0.15, 0.2) is 0 Å². The number of nitrogens with zero attached hydrogens (tertiary/aromatic N) is 1. The number of hydrogen-bond acceptors (Lipinski definition) is 4. The summed E-state index contributed by atoms with van der Waals surface area (Å²) in [5.41, 5.74) is 2.87. The molecule has 0 unspecified atom stereocenters. The zero-order chi connectivity index (χ0) is 22.1. The average molecular weight is 422 g/mol. The molecular weight excluding hydrogens is 390 g/mol. The van der Waals surface area contributed by atoms with Gasteiger partial charge in [-0.1, -0.05) is 37.6 Å². The van der Waals surface area contributed by atoms with Crippen LogP contribution in [0.5, 0.6) is 5.75 Å². The molecule has 6 nitrogen and oxygen atoms in total. The van der Waals surface area contributed by atoms with Crippen molar-refractivity contribution in [3.63, 3.8) is 0 Å². The van der Waals surface area contributed by atoms with E-state index in [1.165, 1.54) is 12.8 Å². The van der Waals surface area contributed by atoms with Crippen molar-refractivity contribution in [3.05, 3.63) is 66.2 Å². The molecule has 0 atom stereocenters. The molecule has 2 N–H and O–H groups in total. The molecule has 31 heavy (non-hydrogen) atoms. The minimum absolute atomic E-state index is 0.0275. The van der Waals surface area contributed by atoms with Crippen molar-refractivity contribution in [3.8, 4) is 5.75 Å². The summed E-state index contributed by atoms with van der Waals surface area (Å²) in [5, 5.41) is 5.98. The van der Waals surface area contributed by atoms with E-state index in [1.54, 1.807) is 24.3 Å². The van der Waals surface area contributed by atoms with Crippen LogP contribution >= 0.6 is 0 Å². The van der Waals surface area contributed by atoms with Crippen LogP contribution in [0.2, 0.25) is 0 Å². The fraction of sp³-hybridized carbons (Fsp3) is 0.360. The van der Waals surface area contributed by atoms with Crippen molar-refractivity contribution in [1.82, 2.24) is 4.90 Å². The van der Waals surface area contributed by atoms with E-state index in [0.29, 0.717) is 23.6 Å². The van der Waals surface area contributed by atoms with E-state index in [0.717, 1.165) is 37.2 Å². The van der Waals surface area contributed by atoms with Crippen LogP contribution in [0.15, 0.2) is 60.7 Å². The van der Waals surface area contributed by atoms with Gasteiger partial charge < -0.3 is 20.3 Å². The first-order chi connectivity index (χ1) is 15.0. The molecule has 1 fully saturated rings. The first kappa shape index (κ1) is 22.4. The number of likely N-dealkylation sites (tertiary alicyclic amines) is 1. The molecule has 164 valence electrons. The van der Waals surface area contributed by atoms with Crippen molar-refractivity contribution in [2.24, 2.45) is 0 Å². The lowest BCUT2D eigenvalue weighted by Gasteiger charge is -2.20. The van der Waals surface area contributed by atoms with E-state index in [-0.39, 0.29) is 18.4 Å². The van der Waals surface area contributed by atoms with Crippen molar-refractivity contribution >= 4 is 23.2 Å². The molecule has 1 saturated heterocycles. The largest absolute Gasteiger partial charge is 0.487 e. The molecule has 0 spiro atoms. The third-order valence-corrected chi connectivity index (χ3v) is 5.09. The van der Waals surface area contributed by atoms with E-state index >= 15 is 0 Å². The van der Waals surface area contributed by atoms with Crippen LogP contribution in [0.1, 0.15) is 43.0 Å². The topological polar surface area (TPSA) is 70.7 Å². The van der Waals surface area contributed by atoms with Crippen LogP contribution < -0.4 is 15.4 Å². The molecule has 0 saturated carbocycles. The smallest absolute Gasteiger partial charge is 0.253 e. The number of anilines is 2. The molecule has 1 aliphatic heterocycles. The minimum atomic E-state index is -0.200. The third-order valence-electron chi connectivity index (χ3n) is 5.09. The van der Waals surface area contributed by atoms with Gasteiger partial charge in [0.05, 0.1) is 12.2 Å². The second-order valence-corrected chi connectivity index (χ2v) is 7.93. The molecule has 2 aromatic rings. The zero-order valence-corrected chi connectivity index (χ0v) is 18.2. The van der Waals surface area contributed by atoms with E-state index in [2.05, 4.69) is 17.2 Å². The van der Waals surface area contributed by atoms with E-state index < -0.39 is 0 Å². The molecule has 1 aliphatic rings. The van der Waals surface area contributed by atoms with E-state index in [9.17, 15) is 9.59 Å². The van der Waals surface area contributed by atoms with Gasteiger partial charge in [-0.15, -0.1) is 0 Å². The summed E-state index contributed by atoms with van der Waals surface area (Å²) in [6, 6.07) is 14.6. The molecular formula is C25H31N3O3. The second-order valence-electron chi connectivity index (χ2n) is 7.93. The van der Waals surface area contributed by atoms with Crippen LogP contribution in [0.4, 0.5) is 11.4 Å². The maximum absolute atomic E-state index is 12.8. The predicted molar refractivity (Wildman–Crippen MR) is 125 cm³/mol. The Morgan fingerprint density at radius 3 is 2.52 bits per heavy atom. The number of benzene rings is 2. The molecule has 2 amide bonds. The molecule has 1 heterocycles. The summed E-state index contributed by atoms with van der Waals surface area (Å²) in [5.74, 6) is 0.497. The summed E-state index contributed by atoms with van der Waals surface area (Å²) >= 11 is 0. The average Bonchev–Trinajstić information content (AvgIpc) is 3.06. The van der Waals surface area contributed by atoms with Gasteiger partial charge >= 0.3 is 0 Å². The van der Waals surface area contributed by atoms with Gasteiger partial charge in [0.1, 0.15) is 12.4 Å². The Balaban J connectivity index is 1.57. The van der Waals surface area contributed by atoms with Crippen LogP contribution in [0.25, 0.3) is 0 Å². The Hall–Kier alpha value is -3.28. The van der Waals surface area contributed by atoms with Gasteiger partial charge in [0, 0.05) is 24.3 Å². The van der Waals surface area contributed by atoms with Crippen LogP contribution in [0.3, 0.4) is 0 Å². The standard InChI is InChI=1S/C25H31N3O3/c1-19(2)18-31-23-13-6-5-12-22(23)26-17-24(29)27-21-11-9-10-20(16-21)25(30)28-14-7-3-4-8-15-28/h5-6,9-13,16,26H,1,3-4,7-8,14-15,17-18H2,2H3,(H,27,29). The summed E-state index contributed by atoms with van der Waals surface area (Å²) in [6.45, 7) is 7.83. The minimum Gasteiger partial charge on any atom is -0.487 e. The second kappa shape index (κ2) is 11.2. The van der Waals surface area contributed by atoms with Crippen LogP contribution in [0, 0.1) is 0 Å². The number of carbonyl (C=O) groups is 2. The number of nitrogens with one attached hydrogen (secondary N) is 2. The lowest BCUT2D eigenvalue weighted by molar-refractivity contribution is -0.114. The Labute approximate surface area is 184 Å². The third kappa shape index (κ3) is 6.88. The van der Waals surface area contributed by atoms with Gasteiger partial charge in [0.25, 0.3) is 5.91 Å². The molecule has 2 aromatic carbocycles. The Kier molecular flexibility index (Phi) is 8.10. The number of carbonyl (C=O) groups excluding carboxylic acids is 2. The van der Waals surface area contributed by atoms with Gasteiger partial charge in [-0.05, 0) is 55.7 Å². The van der Waals surface area contributed by atoms with Crippen molar-refractivity contribution in [2.75, 3.05) is 36.9 Å². The monoisotopic (exact) mass is 421 g/mol. The quantitative estimate of drug-likeness (QED) is 0.606. The Morgan fingerprint density at radius 1 is 1.03 bits per heavy atom. The van der Waals surface area contributed by atoms with Gasteiger partial charge in [-0.25, -0.2) is 0 Å². The van der Waals surface area contributed by atoms with Gasteiger partial charge in [0.2, 0.25) is 5.91 Å². The van der Waals surface area contributed by atoms with Crippen LogP contribution in [-0.2, 0) is 4.79 Å². The first-order valence-electron chi connectivity index (χ1n) is 10.8. The van der Waals surface area contributed by atoms with Crippen LogP contribution in [-0.4, -0.2) is 43.0 Å². The lowest BCUT2D eigenvalue weighted by Crippen LogP contribution is -2.31. The molecule has 0 aromatic heterocycles. The maximum Gasteiger partial charge on any atom is 0.253 e. The number of rotatable bonds is 8. The molecule has 6 heteroatoms. The summed E-state index contributed by atoms with van der Waals surface area (Å²) in [7, 11) is 0. The van der Waals surface area contributed by atoms with Crippen molar-refractivity contribution < 1.29 is 14.3 Å². The number of para-hydroxylation sites is 2. The molecule has 3 rings (SSSR count). The number of amides is 2.